The van der Waals surface area contributed by atoms with Gasteiger partial charge in [-0.1, -0.05) is 47.5 Å². The van der Waals surface area contributed by atoms with Crippen molar-refractivity contribution in [3.8, 4) is 0 Å². The number of anilines is 1. The number of rotatable bonds is 5. The molecule has 0 saturated heterocycles. The summed E-state index contributed by atoms with van der Waals surface area (Å²) in [7, 11) is 0. The first-order valence-electron chi connectivity index (χ1n) is 9.07. The van der Waals surface area contributed by atoms with Crippen molar-refractivity contribution in [2.24, 2.45) is 11.8 Å². The highest BCUT2D eigenvalue weighted by Crippen LogP contribution is 2.40. The van der Waals surface area contributed by atoms with E-state index in [-0.39, 0.29) is 23.7 Å². The topological polar surface area (TPSA) is 58.2 Å². The van der Waals surface area contributed by atoms with Crippen molar-refractivity contribution < 1.29 is 9.59 Å². The number of carbonyl (C=O) groups excluding carboxylic acids is 2. The van der Waals surface area contributed by atoms with Gasteiger partial charge in [0.05, 0.1) is 11.8 Å². The molecule has 1 saturated carbocycles. The molecule has 0 aromatic heterocycles. The van der Waals surface area contributed by atoms with Gasteiger partial charge in [-0.25, -0.2) is 0 Å². The monoisotopic (exact) mass is 350 g/mol. The quantitative estimate of drug-likeness (QED) is 0.861. The highest BCUT2D eigenvalue weighted by atomic mass is 16.2. The molecule has 2 amide bonds. The van der Waals surface area contributed by atoms with Crippen molar-refractivity contribution in [2.75, 3.05) is 5.32 Å². The standard InChI is InChI=1S/C22H26N2O2/c1-13-6-5-7-17(10-13)12-23-21(25)18-11-19(18)22(26)24-20-15(3)8-14(2)9-16(20)4/h5-10,18-19H,11-12H2,1-4H3,(H,23,25)(H,24,26). The van der Waals surface area contributed by atoms with Crippen LogP contribution in [0.25, 0.3) is 0 Å². The normalized spacial score (nSPS) is 18.3. The fourth-order valence-corrected chi connectivity index (χ4v) is 3.51. The van der Waals surface area contributed by atoms with Gasteiger partial charge in [0.1, 0.15) is 0 Å². The molecule has 4 nitrogen and oxygen atoms in total. The Kier molecular flexibility index (Phi) is 5.12. The maximum Gasteiger partial charge on any atom is 0.228 e. The molecule has 0 spiro atoms. The number of benzene rings is 2. The number of amides is 2. The van der Waals surface area contributed by atoms with Crippen molar-refractivity contribution in [1.82, 2.24) is 5.32 Å². The molecule has 0 bridgehead atoms. The van der Waals surface area contributed by atoms with Gasteiger partial charge in [0.2, 0.25) is 11.8 Å². The minimum Gasteiger partial charge on any atom is -0.352 e. The fraction of sp³-hybridized carbons (Fsp3) is 0.364. The van der Waals surface area contributed by atoms with Crippen LogP contribution >= 0.6 is 0 Å². The molecule has 0 aliphatic heterocycles. The Labute approximate surface area is 155 Å². The molecule has 1 aliphatic carbocycles. The lowest BCUT2D eigenvalue weighted by molar-refractivity contribution is -0.125. The highest BCUT2D eigenvalue weighted by Gasteiger charge is 2.48. The second-order valence-electron chi connectivity index (χ2n) is 7.42. The van der Waals surface area contributed by atoms with Gasteiger partial charge >= 0.3 is 0 Å². The predicted octanol–water partition coefficient (Wildman–Crippen LogP) is 3.81. The van der Waals surface area contributed by atoms with Crippen molar-refractivity contribution >= 4 is 17.5 Å². The number of hydrogen-bond acceptors (Lipinski definition) is 2. The third-order valence-electron chi connectivity index (χ3n) is 4.94. The number of carbonyl (C=O) groups is 2. The summed E-state index contributed by atoms with van der Waals surface area (Å²) >= 11 is 0. The fourth-order valence-electron chi connectivity index (χ4n) is 3.51. The van der Waals surface area contributed by atoms with Crippen LogP contribution in [0.5, 0.6) is 0 Å². The Morgan fingerprint density at radius 2 is 1.58 bits per heavy atom. The third-order valence-corrected chi connectivity index (χ3v) is 4.94. The van der Waals surface area contributed by atoms with Gasteiger partial charge in [-0.15, -0.1) is 0 Å². The van der Waals surface area contributed by atoms with E-state index in [0.717, 1.165) is 22.4 Å². The Bertz CT molecular complexity index is 834. The van der Waals surface area contributed by atoms with Crippen LogP contribution in [0.3, 0.4) is 0 Å². The number of hydrogen-bond donors (Lipinski definition) is 2. The zero-order valence-electron chi connectivity index (χ0n) is 15.8. The summed E-state index contributed by atoms with van der Waals surface area (Å²) in [6, 6.07) is 12.2. The summed E-state index contributed by atoms with van der Waals surface area (Å²) in [4.78, 5) is 24.8. The molecule has 2 aromatic rings. The Morgan fingerprint density at radius 3 is 2.23 bits per heavy atom. The first kappa shape index (κ1) is 18.2. The van der Waals surface area contributed by atoms with Crippen molar-refractivity contribution in [2.45, 2.75) is 40.7 Å². The lowest BCUT2D eigenvalue weighted by Crippen LogP contribution is -2.27. The van der Waals surface area contributed by atoms with E-state index in [2.05, 4.69) is 28.8 Å². The number of aryl methyl sites for hydroxylation is 4. The predicted molar refractivity (Wildman–Crippen MR) is 104 cm³/mol. The van der Waals surface area contributed by atoms with Crippen LogP contribution < -0.4 is 10.6 Å². The van der Waals surface area contributed by atoms with Gasteiger partial charge in [-0.3, -0.25) is 9.59 Å². The molecule has 2 N–H and O–H groups in total. The number of nitrogens with one attached hydrogen (secondary N) is 2. The second kappa shape index (κ2) is 7.32. The molecule has 0 radical (unpaired) electrons. The summed E-state index contributed by atoms with van der Waals surface area (Å²) in [5, 5.41) is 5.96. The first-order chi connectivity index (χ1) is 12.3. The maximum absolute atomic E-state index is 12.5. The van der Waals surface area contributed by atoms with Crippen molar-refractivity contribution in [3.63, 3.8) is 0 Å². The van der Waals surface area contributed by atoms with Gasteiger partial charge in [0.15, 0.2) is 0 Å². The summed E-state index contributed by atoms with van der Waals surface area (Å²) in [5.74, 6) is -0.543. The van der Waals surface area contributed by atoms with Crippen LogP contribution in [0.4, 0.5) is 5.69 Å². The average molecular weight is 350 g/mol. The Morgan fingerprint density at radius 1 is 0.923 bits per heavy atom. The molecule has 2 unspecified atom stereocenters. The zero-order chi connectivity index (χ0) is 18.8. The minimum absolute atomic E-state index is 0.0380. The lowest BCUT2D eigenvalue weighted by Gasteiger charge is -2.13. The van der Waals surface area contributed by atoms with Crippen LogP contribution in [-0.2, 0) is 16.1 Å². The molecule has 136 valence electrons. The summed E-state index contributed by atoms with van der Waals surface area (Å²) in [5.41, 5.74) is 6.40. The van der Waals surface area contributed by atoms with Gasteiger partial charge in [-0.05, 0) is 50.8 Å². The van der Waals surface area contributed by atoms with E-state index in [1.165, 1.54) is 11.1 Å². The highest BCUT2D eigenvalue weighted by molar-refractivity contribution is 6.00. The maximum atomic E-state index is 12.5. The van der Waals surface area contributed by atoms with Gasteiger partial charge in [-0.2, -0.15) is 0 Å². The Hall–Kier alpha value is -2.62. The Balaban J connectivity index is 1.54. The van der Waals surface area contributed by atoms with E-state index in [0.29, 0.717) is 13.0 Å². The smallest absolute Gasteiger partial charge is 0.228 e. The van der Waals surface area contributed by atoms with E-state index in [1.807, 2.05) is 45.9 Å². The molecule has 26 heavy (non-hydrogen) atoms. The van der Waals surface area contributed by atoms with Crippen molar-refractivity contribution in [1.29, 1.82) is 0 Å². The molecular formula is C22H26N2O2. The minimum atomic E-state index is -0.229. The van der Waals surface area contributed by atoms with E-state index in [1.54, 1.807) is 0 Å². The SMILES string of the molecule is Cc1cccc(CNC(=O)C2CC2C(=O)Nc2c(C)cc(C)cc2C)c1. The van der Waals surface area contributed by atoms with Gasteiger partial charge < -0.3 is 10.6 Å². The summed E-state index contributed by atoms with van der Waals surface area (Å²) in [6.07, 6.45) is 0.620. The molecule has 2 aromatic carbocycles. The van der Waals surface area contributed by atoms with E-state index < -0.39 is 0 Å². The molecule has 1 fully saturated rings. The molecule has 1 aliphatic rings. The molecular weight excluding hydrogens is 324 g/mol. The second-order valence-corrected chi connectivity index (χ2v) is 7.42. The van der Waals surface area contributed by atoms with E-state index in [9.17, 15) is 9.59 Å². The van der Waals surface area contributed by atoms with Gasteiger partial charge in [0, 0.05) is 12.2 Å². The zero-order valence-corrected chi connectivity index (χ0v) is 15.8. The van der Waals surface area contributed by atoms with Crippen LogP contribution in [0.2, 0.25) is 0 Å². The average Bonchev–Trinajstić information content (AvgIpc) is 3.36. The van der Waals surface area contributed by atoms with Crippen LogP contribution in [-0.4, -0.2) is 11.8 Å². The van der Waals surface area contributed by atoms with E-state index in [4.69, 9.17) is 0 Å². The van der Waals surface area contributed by atoms with Crippen LogP contribution in [0.15, 0.2) is 36.4 Å². The largest absolute Gasteiger partial charge is 0.352 e. The molecule has 0 heterocycles. The third kappa shape index (κ3) is 4.13. The van der Waals surface area contributed by atoms with Crippen molar-refractivity contribution in [3.05, 3.63) is 64.2 Å². The van der Waals surface area contributed by atoms with Gasteiger partial charge in [0.25, 0.3) is 0 Å². The van der Waals surface area contributed by atoms with Crippen LogP contribution in [0.1, 0.15) is 34.2 Å². The summed E-state index contributed by atoms with van der Waals surface area (Å²) < 4.78 is 0. The lowest BCUT2D eigenvalue weighted by atomic mass is 10.0. The molecule has 4 heteroatoms. The molecule has 2 atom stereocenters. The summed E-state index contributed by atoms with van der Waals surface area (Å²) in [6.45, 7) is 8.56. The van der Waals surface area contributed by atoms with Crippen LogP contribution in [0, 0.1) is 39.5 Å². The first-order valence-corrected chi connectivity index (χ1v) is 9.07. The van der Waals surface area contributed by atoms with E-state index >= 15 is 0 Å². The molecule has 3 rings (SSSR count).